The standard InChI is InChI=1S/C16H25BrN2O/c1-18(2)16(8-5-9-16)12-19(3)11-13-10-14(20-4)6-7-15(13)17/h6-7,10H,5,8-9,11-12H2,1-4H3. The lowest BCUT2D eigenvalue weighted by atomic mass is 9.75. The molecule has 0 aliphatic heterocycles. The second-order valence-electron chi connectivity index (χ2n) is 6.10. The molecule has 112 valence electrons. The summed E-state index contributed by atoms with van der Waals surface area (Å²) in [6, 6.07) is 6.16. The Morgan fingerprint density at radius 2 is 1.95 bits per heavy atom. The van der Waals surface area contributed by atoms with Gasteiger partial charge in [-0.15, -0.1) is 0 Å². The number of hydrogen-bond donors (Lipinski definition) is 0. The van der Waals surface area contributed by atoms with E-state index in [2.05, 4.69) is 59.0 Å². The van der Waals surface area contributed by atoms with E-state index in [4.69, 9.17) is 4.74 Å². The van der Waals surface area contributed by atoms with Crippen LogP contribution in [-0.2, 0) is 6.54 Å². The van der Waals surface area contributed by atoms with Crippen LogP contribution in [0.25, 0.3) is 0 Å². The molecule has 1 aliphatic rings. The Kier molecular flexibility index (Phi) is 5.10. The maximum atomic E-state index is 5.32. The van der Waals surface area contributed by atoms with Crippen LogP contribution in [0.1, 0.15) is 24.8 Å². The van der Waals surface area contributed by atoms with Crippen molar-refractivity contribution in [1.29, 1.82) is 0 Å². The molecule has 0 bridgehead atoms. The highest BCUT2D eigenvalue weighted by Gasteiger charge is 2.39. The van der Waals surface area contributed by atoms with Crippen LogP contribution in [-0.4, -0.2) is 50.1 Å². The Hall–Kier alpha value is -0.580. The molecule has 0 unspecified atom stereocenters. The quantitative estimate of drug-likeness (QED) is 0.789. The van der Waals surface area contributed by atoms with Crippen LogP contribution in [0.5, 0.6) is 5.75 Å². The number of rotatable bonds is 6. The van der Waals surface area contributed by atoms with Gasteiger partial charge in [0.2, 0.25) is 0 Å². The molecule has 0 aromatic heterocycles. The second-order valence-corrected chi connectivity index (χ2v) is 6.96. The highest BCUT2D eigenvalue weighted by atomic mass is 79.9. The highest BCUT2D eigenvalue weighted by Crippen LogP contribution is 2.37. The SMILES string of the molecule is COc1ccc(Br)c(CN(C)CC2(N(C)C)CCC2)c1. The third kappa shape index (κ3) is 3.35. The molecule has 0 N–H and O–H groups in total. The average Bonchev–Trinajstić information content (AvgIpc) is 2.36. The lowest BCUT2D eigenvalue weighted by Gasteiger charge is -2.49. The molecule has 0 saturated heterocycles. The van der Waals surface area contributed by atoms with Gasteiger partial charge < -0.3 is 14.5 Å². The summed E-state index contributed by atoms with van der Waals surface area (Å²) in [5.41, 5.74) is 1.65. The van der Waals surface area contributed by atoms with Crippen molar-refractivity contribution in [1.82, 2.24) is 9.80 Å². The third-order valence-corrected chi connectivity index (χ3v) is 5.26. The van der Waals surface area contributed by atoms with Gasteiger partial charge in [0.25, 0.3) is 0 Å². The predicted octanol–water partition coefficient (Wildman–Crippen LogP) is 3.37. The van der Waals surface area contributed by atoms with Crippen molar-refractivity contribution >= 4 is 15.9 Å². The minimum atomic E-state index is 0.375. The van der Waals surface area contributed by atoms with E-state index in [1.54, 1.807) is 7.11 Å². The summed E-state index contributed by atoms with van der Waals surface area (Å²) < 4.78 is 6.47. The maximum absolute atomic E-state index is 5.32. The van der Waals surface area contributed by atoms with E-state index in [9.17, 15) is 0 Å². The second kappa shape index (κ2) is 6.46. The van der Waals surface area contributed by atoms with Gasteiger partial charge in [-0.1, -0.05) is 15.9 Å². The zero-order valence-electron chi connectivity index (χ0n) is 12.9. The summed E-state index contributed by atoms with van der Waals surface area (Å²) in [5, 5.41) is 0. The molecule has 1 saturated carbocycles. The Morgan fingerprint density at radius 3 is 2.45 bits per heavy atom. The fourth-order valence-corrected chi connectivity index (χ4v) is 3.35. The van der Waals surface area contributed by atoms with Gasteiger partial charge in [-0.3, -0.25) is 0 Å². The number of nitrogens with zero attached hydrogens (tertiary/aromatic N) is 2. The predicted molar refractivity (Wildman–Crippen MR) is 87.3 cm³/mol. The first-order valence-corrected chi connectivity index (χ1v) is 7.94. The van der Waals surface area contributed by atoms with Gasteiger partial charge in [0.05, 0.1) is 7.11 Å². The summed E-state index contributed by atoms with van der Waals surface area (Å²) in [6.07, 6.45) is 3.97. The van der Waals surface area contributed by atoms with Gasteiger partial charge in [0, 0.05) is 23.1 Å². The van der Waals surface area contributed by atoms with Gasteiger partial charge in [0.15, 0.2) is 0 Å². The number of halogens is 1. The summed E-state index contributed by atoms with van der Waals surface area (Å²) >= 11 is 3.64. The molecule has 0 radical (unpaired) electrons. The van der Waals surface area contributed by atoms with E-state index in [0.717, 1.165) is 23.3 Å². The first-order valence-electron chi connectivity index (χ1n) is 7.15. The van der Waals surface area contributed by atoms with Crippen LogP contribution in [0, 0.1) is 0 Å². The van der Waals surface area contributed by atoms with Gasteiger partial charge in [0.1, 0.15) is 5.75 Å². The molecule has 0 atom stereocenters. The molecule has 1 aromatic rings. The van der Waals surface area contributed by atoms with E-state index in [-0.39, 0.29) is 0 Å². The molecule has 20 heavy (non-hydrogen) atoms. The lowest BCUT2D eigenvalue weighted by molar-refractivity contribution is 0.0258. The van der Waals surface area contributed by atoms with Crippen molar-refractivity contribution in [3.05, 3.63) is 28.2 Å². The Balaban J connectivity index is 2.02. The fourth-order valence-electron chi connectivity index (χ4n) is 2.98. The smallest absolute Gasteiger partial charge is 0.119 e. The van der Waals surface area contributed by atoms with E-state index in [0.29, 0.717) is 5.54 Å². The number of methoxy groups -OCH3 is 1. The van der Waals surface area contributed by atoms with Crippen LogP contribution in [0.4, 0.5) is 0 Å². The third-order valence-electron chi connectivity index (χ3n) is 4.49. The first-order chi connectivity index (χ1) is 9.47. The van der Waals surface area contributed by atoms with Crippen LogP contribution in [0.15, 0.2) is 22.7 Å². The Morgan fingerprint density at radius 1 is 1.25 bits per heavy atom. The summed E-state index contributed by atoms with van der Waals surface area (Å²) in [7, 11) is 8.32. The maximum Gasteiger partial charge on any atom is 0.119 e. The van der Waals surface area contributed by atoms with E-state index >= 15 is 0 Å². The molecule has 1 aliphatic carbocycles. The molecule has 4 heteroatoms. The van der Waals surface area contributed by atoms with Crippen LogP contribution >= 0.6 is 15.9 Å². The highest BCUT2D eigenvalue weighted by molar-refractivity contribution is 9.10. The first kappa shape index (κ1) is 15.8. The van der Waals surface area contributed by atoms with E-state index < -0.39 is 0 Å². The number of ether oxygens (including phenoxy) is 1. The minimum absolute atomic E-state index is 0.375. The molecule has 3 nitrogen and oxygen atoms in total. The van der Waals surface area contributed by atoms with Crippen molar-refractivity contribution in [2.75, 3.05) is 34.8 Å². The van der Waals surface area contributed by atoms with Crippen molar-refractivity contribution in [3.8, 4) is 5.75 Å². The monoisotopic (exact) mass is 340 g/mol. The van der Waals surface area contributed by atoms with Gasteiger partial charge in [-0.2, -0.15) is 0 Å². The minimum Gasteiger partial charge on any atom is -0.497 e. The topological polar surface area (TPSA) is 15.7 Å². The average molecular weight is 341 g/mol. The number of hydrogen-bond acceptors (Lipinski definition) is 3. The molecule has 2 rings (SSSR count). The van der Waals surface area contributed by atoms with Crippen LogP contribution in [0.3, 0.4) is 0 Å². The molecule has 0 heterocycles. The van der Waals surface area contributed by atoms with Gasteiger partial charge in [-0.05, 0) is 64.2 Å². The number of likely N-dealkylation sites (N-methyl/N-ethyl adjacent to an activating group) is 2. The molecule has 0 spiro atoms. The number of benzene rings is 1. The largest absolute Gasteiger partial charge is 0.497 e. The van der Waals surface area contributed by atoms with E-state index in [1.165, 1.54) is 24.8 Å². The van der Waals surface area contributed by atoms with Crippen molar-refractivity contribution < 1.29 is 4.74 Å². The van der Waals surface area contributed by atoms with Crippen molar-refractivity contribution in [3.63, 3.8) is 0 Å². The van der Waals surface area contributed by atoms with Gasteiger partial charge >= 0.3 is 0 Å². The van der Waals surface area contributed by atoms with Crippen LogP contribution < -0.4 is 4.74 Å². The summed E-state index contributed by atoms with van der Waals surface area (Å²) in [6.45, 7) is 2.05. The fraction of sp³-hybridized carbons (Fsp3) is 0.625. The molecule has 1 fully saturated rings. The zero-order valence-corrected chi connectivity index (χ0v) is 14.5. The Bertz CT molecular complexity index is 458. The summed E-state index contributed by atoms with van der Waals surface area (Å²) in [5.74, 6) is 0.919. The van der Waals surface area contributed by atoms with Crippen LogP contribution in [0.2, 0.25) is 0 Å². The lowest BCUT2D eigenvalue weighted by Crippen LogP contribution is -2.56. The Labute approximate surface area is 131 Å². The normalized spacial score (nSPS) is 17.4. The molecule has 1 aromatic carbocycles. The van der Waals surface area contributed by atoms with Crippen molar-refractivity contribution in [2.24, 2.45) is 0 Å². The molecular formula is C16H25BrN2O. The summed E-state index contributed by atoms with van der Waals surface area (Å²) in [4.78, 5) is 4.81. The zero-order chi connectivity index (χ0) is 14.8. The van der Waals surface area contributed by atoms with E-state index in [1.807, 2.05) is 6.07 Å². The van der Waals surface area contributed by atoms with Gasteiger partial charge in [-0.25, -0.2) is 0 Å². The molecule has 0 amide bonds. The molecular weight excluding hydrogens is 316 g/mol. The van der Waals surface area contributed by atoms with Crippen molar-refractivity contribution in [2.45, 2.75) is 31.3 Å².